The van der Waals surface area contributed by atoms with Crippen LogP contribution >= 0.6 is 15.9 Å². The summed E-state index contributed by atoms with van der Waals surface area (Å²) >= 11 is 3.15. The molecular weight excluding hydrogens is 302 g/mol. The molecule has 0 fully saturated rings. The number of nitrogens with zero attached hydrogens (tertiary/aromatic N) is 1. The van der Waals surface area contributed by atoms with E-state index in [1.54, 1.807) is 20.8 Å². The lowest BCUT2D eigenvalue weighted by Gasteiger charge is -2.11. The molecule has 98 valence electrons. The predicted molar refractivity (Wildman–Crippen MR) is 71.6 cm³/mol. The van der Waals surface area contributed by atoms with Gasteiger partial charge in [0.05, 0.1) is 15.9 Å². The number of halogens is 1. The van der Waals surface area contributed by atoms with Crippen LogP contribution in [0.3, 0.4) is 0 Å². The Morgan fingerprint density at radius 3 is 2.44 bits per heavy atom. The van der Waals surface area contributed by atoms with E-state index in [1.807, 2.05) is 0 Å². The Kier molecular flexibility index (Phi) is 4.84. The average molecular weight is 316 g/mol. The molecule has 1 atom stereocenters. The van der Waals surface area contributed by atoms with Gasteiger partial charge in [0.15, 0.2) is 11.5 Å². The maximum atomic E-state index is 11.7. The standard InChI is InChI=1S/C12H14BrNO4/c1-7(2)18-11-5-4-9(12(15)8(3)13)6-10(11)14(16)17/h4-8H,1-3H3. The number of rotatable bonds is 5. The second-order valence-corrected chi connectivity index (χ2v) is 5.46. The molecule has 6 heteroatoms. The normalized spacial score (nSPS) is 12.3. The van der Waals surface area contributed by atoms with Crippen LogP contribution in [-0.2, 0) is 0 Å². The van der Waals surface area contributed by atoms with E-state index < -0.39 is 4.92 Å². The number of Topliss-reactive ketones (excluding diaryl/α,β-unsaturated/α-hetero) is 1. The fourth-order valence-corrected chi connectivity index (χ4v) is 1.66. The molecule has 0 bridgehead atoms. The molecule has 1 aromatic rings. The highest BCUT2D eigenvalue weighted by atomic mass is 79.9. The van der Waals surface area contributed by atoms with Crippen LogP contribution in [0, 0.1) is 10.1 Å². The Bertz CT molecular complexity index is 471. The maximum absolute atomic E-state index is 11.7. The Morgan fingerprint density at radius 2 is 2.00 bits per heavy atom. The smallest absolute Gasteiger partial charge is 0.311 e. The molecule has 1 aromatic carbocycles. The highest BCUT2D eigenvalue weighted by Crippen LogP contribution is 2.29. The molecule has 0 N–H and O–H groups in total. The summed E-state index contributed by atoms with van der Waals surface area (Å²) in [4.78, 5) is 21.8. The molecule has 0 radical (unpaired) electrons. The van der Waals surface area contributed by atoms with E-state index in [1.165, 1.54) is 18.2 Å². The SMILES string of the molecule is CC(C)Oc1ccc(C(=O)C(C)Br)cc1[N+](=O)[O-]. The zero-order valence-corrected chi connectivity index (χ0v) is 11.9. The number of nitro groups is 1. The summed E-state index contributed by atoms with van der Waals surface area (Å²) in [5.41, 5.74) is 0.102. The van der Waals surface area contributed by atoms with Crippen molar-refractivity contribution in [3.63, 3.8) is 0 Å². The summed E-state index contributed by atoms with van der Waals surface area (Å²) in [7, 11) is 0. The third-order valence-electron chi connectivity index (χ3n) is 2.16. The van der Waals surface area contributed by atoms with Crippen molar-refractivity contribution in [1.82, 2.24) is 0 Å². The van der Waals surface area contributed by atoms with Crippen molar-refractivity contribution in [2.24, 2.45) is 0 Å². The molecule has 0 saturated carbocycles. The molecule has 0 aliphatic carbocycles. The fourth-order valence-electron chi connectivity index (χ4n) is 1.40. The number of ether oxygens (including phenoxy) is 1. The summed E-state index contributed by atoms with van der Waals surface area (Å²) in [5.74, 6) is -0.0250. The molecule has 0 spiro atoms. The highest BCUT2D eigenvalue weighted by molar-refractivity contribution is 9.10. The number of ketones is 1. The van der Waals surface area contributed by atoms with Gasteiger partial charge in [0.25, 0.3) is 0 Å². The lowest BCUT2D eigenvalue weighted by atomic mass is 10.1. The molecule has 18 heavy (non-hydrogen) atoms. The minimum atomic E-state index is -0.548. The Labute approximate surface area is 113 Å². The summed E-state index contributed by atoms with van der Waals surface area (Å²) in [5, 5.41) is 11.0. The average Bonchev–Trinajstić information content (AvgIpc) is 2.27. The first-order valence-corrected chi connectivity index (χ1v) is 6.38. The number of carbonyl (C=O) groups excluding carboxylic acids is 1. The molecule has 0 heterocycles. The third-order valence-corrected chi connectivity index (χ3v) is 2.58. The molecule has 0 aliphatic heterocycles. The maximum Gasteiger partial charge on any atom is 0.311 e. The fraction of sp³-hybridized carbons (Fsp3) is 0.417. The zero-order chi connectivity index (χ0) is 13.9. The van der Waals surface area contributed by atoms with Crippen LogP contribution < -0.4 is 4.74 Å². The molecule has 0 aromatic heterocycles. The number of carbonyl (C=O) groups is 1. The molecule has 0 amide bonds. The Morgan fingerprint density at radius 1 is 1.39 bits per heavy atom. The van der Waals surface area contributed by atoms with E-state index in [0.717, 1.165) is 0 Å². The van der Waals surface area contributed by atoms with Crippen LogP contribution in [0.5, 0.6) is 5.75 Å². The van der Waals surface area contributed by atoms with Crippen molar-refractivity contribution in [3.05, 3.63) is 33.9 Å². The van der Waals surface area contributed by atoms with E-state index in [9.17, 15) is 14.9 Å². The highest BCUT2D eigenvalue weighted by Gasteiger charge is 2.21. The molecule has 1 unspecified atom stereocenters. The Hall–Kier alpha value is -1.43. The summed E-state index contributed by atoms with van der Waals surface area (Å²) in [6.45, 7) is 5.24. The van der Waals surface area contributed by atoms with E-state index in [4.69, 9.17) is 4.74 Å². The number of alkyl halides is 1. The van der Waals surface area contributed by atoms with E-state index in [2.05, 4.69) is 15.9 Å². The quantitative estimate of drug-likeness (QED) is 0.361. The first-order valence-electron chi connectivity index (χ1n) is 5.46. The van der Waals surface area contributed by atoms with Crippen LogP contribution in [0.2, 0.25) is 0 Å². The van der Waals surface area contributed by atoms with Crippen LogP contribution in [0.4, 0.5) is 5.69 Å². The van der Waals surface area contributed by atoms with Gasteiger partial charge in [0.1, 0.15) is 0 Å². The van der Waals surface area contributed by atoms with Crippen molar-refractivity contribution in [2.75, 3.05) is 0 Å². The van der Waals surface area contributed by atoms with Gasteiger partial charge in [-0.2, -0.15) is 0 Å². The summed E-state index contributed by atoms with van der Waals surface area (Å²) in [6, 6.07) is 4.24. The van der Waals surface area contributed by atoms with Crippen molar-refractivity contribution < 1.29 is 14.5 Å². The minimum absolute atomic E-state index is 0.166. The lowest BCUT2D eigenvalue weighted by molar-refractivity contribution is -0.386. The lowest BCUT2D eigenvalue weighted by Crippen LogP contribution is -2.12. The van der Waals surface area contributed by atoms with Gasteiger partial charge < -0.3 is 4.74 Å². The van der Waals surface area contributed by atoms with Gasteiger partial charge >= 0.3 is 5.69 Å². The van der Waals surface area contributed by atoms with Crippen molar-refractivity contribution in [1.29, 1.82) is 0 Å². The van der Waals surface area contributed by atoms with Gasteiger partial charge in [-0.25, -0.2) is 0 Å². The van der Waals surface area contributed by atoms with Crippen molar-refractivity contribution in [2.45, 2.75) is 31.7 Å². The largest absolute Gasteiger partial charge is 0.484 e. The van der Waals surface area contributed by atoms with Gasteiger partial charge in [0.2, 0.25) is 0 Å². The molecular formula is C12H14BrNO4. The molecule has 0 saturated heterocycles. The number of hydrogen-bond acceptors (Lipinski definition) is 4. The van der Waals surface area contributed by atoms with Crippen LogP contribution in [0.25, 0.3) is 0 Å². The number of hydrogen-bond donors (Lipinski definition) is 0. The van der Waals surface area contributed by atoms with E-state index in [0.29, 0.717) is 5.56 Å². The predicted octanol–water partition coefficient (Wildman–Crippen LogP) is 3.35. The summed E-state index contributed by atoms with van der Waals surface area (Å²) < 4.78 is 5.34. The van der Waals surface area contributed by atoms with Crippen LogP contribution in [0.15, 0.2) is 18.2 Å². The summed E-state index contributed by atoms with van der Waals surface area (Å²) in [6.07, 6.45) is -0.166. The molecule has 5 nitrogen and oxygen atoms in total. The molecule has 1 rings (SSSR count). The van der Waals surface area contributed by atoms with Crippen LogP contribution in [0.1, 0.15) is 31.1 Å². The zero-order valence-electron chi connectivity index (χ0n) is 10.3. The van der Waals surface area contributed by atoms with Gasteiger partial charge in [-0.1, -0.05) is 15.9 Å². The second kappa shape index (κ2) is 5.95. The van der Waals surface area contributed by atoms with Gasteiger partial charge in [-0.15, -0.1) is 0 Å². The van der Waals surface area contributed by atoms with Gasteiger partial charge in [-0.3, -0.25) is 14.9 Å². The first-order chi connectivity index (χ1) is 8.32. The van der Waals surface area contributed by atoms with E-state index in [-0.39, 0.29) is 28.2 Å². The Balaban J connectivity index is 3.19. The van der Waals surface area contributed by atoms with Gasteiger partial charge in [-0.05, 0) is 32.9 Å². The van der Waals surface area contributed by atoms with Crippen molar-refractivity contribution >= 4 is 27.4 Å². The minimum Gasteiger partial charge on any atom is -0.484 e. The monoisotopic (exact) mass is 315 g/mol. The number of benzene rings is 1. The molecule has 0 aliphatic rings. The third kappa shape index (κ3) is 3.53. The van der Waals surface area contributed by atoms with Crippen LogP contribution in [-0.4, -0.2) is 21.6 Å². The second-order valence-electron chi connectivity index (χ2n) is 4.09. The first kappa shape index (κ1) is 14.6. The van der Waals surface area contributed by atoms with Crippen molar-refractivity contribution in [3.8, 4) is 5.75 Å². The van der Waals surface area contributed by atoms with E-state index >= 15 is 0 Å². The number of nitro benzene ring substituents is 1. The topological polar surface area (TPSA) is 69.4 Å². The van der Waals surface area contributed by atoms with Gasteiger partial charge in [0, 0.05) is 11.6 Å².